The monoisotopic (exact) mass is 345 g/mol. The van der Waals surface area contributed by atoms with Gasteiger partial charge >= 0.3 is 0 Å². The maximum absolute atomic E-state index is 11.9. The minimum atomic E-state index is 0.0221. The topological polar surface area (TPSA) is 38.3 Å². The normalized spacial score (nSPS) is 19.2. The van der Waals surface area contributed by atoms with Crippen molar-refractivity contribution >= 4 is 28.5 Å². The van der Waals surface area contributed by atoms with E-state index in [-0.39, 0.29) is 5.91 Å². The molecule has 2 rings (SSSR count). The number of hydrogen-bond acceptors (Lipinski definition) is 2. The van der Waals surface area contributed by atoms with Crippen LogP contribution in [-0.2, 0) is 4.74 Å². The molecule has 0 aliphatic carbocycles. The predicted molar refractivity (Wildman–Crippen MR) is 75.0 cm³/mol. The van der Waals surface area contributed by atoms with Gasteiger partial charge < -0.3 is 10.1 Å². The van der Waals surface area contributed by atoms with Crippen molar-refractivity contribution in [2.75, 3.05) is 19.8 Å². The summed E-state index contributed by atoms with van der Waals surface area (Å²) in [4.78, 5) is 11.9. The summed E-state index contributed by atoms with van der Waals surface area (Å²) in [5.74, 6) is 0.638. The number of amides is 1. The van der Waals surface area contributed by atoms with Crippen molar-refractivity contribution in [3.63, 3.8) is 0 Å². The lowest BCUT2D eigenvalue weighted by Gasteiger charge is -2.09. The lowest BCUT2D eigenvalue weighted by molar-refractivity contribution is 0.0949. The van der Waals surface area contributed by atoms with Gasteiger partial charge in [0.05, 0.1) is 5.56 Å². The molecule has 0 spiro atoms. The van der Waals surface area contributed by atoms with Gasteiger partial charge in [-0.15, -0.1) is 0 Å². The van der Waals surface area contributed by atoms with E-state index in [9.17, 15) is 4.79 Å². The Morgan fingerprint density at radius 1 is 1.47 bits per heavy atom. The Labute approximate surface area is 115 Å². The van der Waals surface area contributed by atoms with Crippen molar-refractivity contribution in [2.24, 2.45) is 5.92 Å². The quantitative estimate of drug-likeness (QED) is 0.852. The molecule has 92 valence electrons. The predicted octanol–water partition coefficient (Wildman–Crippen LogP) is 2.45. The van der Waals surface area contributed by atoms with Crippen LogP contribution in [0.4, 0.5) is 0 Å². The third-order valence-electron chi connectivity index (χ3n) is 2.98. The van der Waals surface area contributed by atoms with Crippen LogP contribution < -0.4 is 5.32 Å². The average molecular weight is 345 g/mol. The van der Waals surface area contributed by atoms with E-state index in [0.29, 0.717) is 5.92 Å². The van der Waals surface area contributed by atoms with Crippen molar-refractivity contribution in [1.29, 1.82) is 0 Å². The van der Waals surface area contributed by atoms with Crippen LogP contribution in [0, 0.1) is 9.49 Å². The molecule has 1 aliphatic heterocycles. The van der Waals surface area contributed by atoms with E-state index in [4.69, 9.17) is 4.74 Å². The Morgan fingerprint density at radius 3 is 3.00 bits per heavy atom. The molecule has 1 unspecified atom stereocenters. The molecule has 1 heterocycles. The standard InChI is InChI=1S/C13H16INO2/c14-12-4-2-1-3-11(12)13(16)15-7-5-10-6-8-17-9-10/h1-4,10H,5-9H2,(H,15,16). The first-order valence-electron chi connectivity index (χ1n) is 5.88. The van der Waals surface area contributed by atoms with Gasteiger partial charge in [0.2, 0.25) is 0 Å². The summed E-state index contributed by atoms with van der Waals surface area (Å²) < 4.78 is 6.30. The van der Waals surface area contributed by atoms with Crippen molar-refractivity contribution in [1.82, 2.24) is 5.32 Å². The van der Waals surface area contributed by atoms with Gasteiger partial charge in [-0.2, -0.15) is 0 Å². The molecule has 0 saturated carbocycles. The first-order chi connectivity index (χ1) is 8.27. The van der Waals surface area contributed by atoms with Crippen LogP contribution in [0.5, 0.6) is 0 Å². The highest BCUT2D eigenvalue weighted by Gasteiger charge is 2.15. The molecule has 1 aromatic rings. The van der Waals surface area contributed by atoms with Crippen molar-refractivity contribution in [3.8, 4) is 0 Å². The van der Waals surface area contributed by atoms with Crippen LogP contribution in [0.15, 0.2) is 24.3 Å². The van der Waals surface area contributed by atoms with E-state index in [1.165, 1.54) is 0 Å². The molecule has 0 radical (unpaired) electrons. The van der Waals surface area contributed by atoms with E-state index < -0.39 is 0 Å². The number of rotatable bonds is 4. The van der Waals surface area contributed by atoms with Crippen LogP contribution in [0.2, 0.25) is 0 Å². The summed E-state index contributed by atoms with van der Waals surface area (Å²) in [5.41, 5.74) is 0.760. The third-order valence-corrected chi connectivity index (χ3v) is 3.92. The summed E-state index contributed by atoms with van der Waals surface area (Å²) in [6.07, 6.45) is 2.13. The van der Waals surface area contributed by atoms with Gasteiger partial charge in [-0.25, -0.2) is 0 Å². The minimum absolute atomic E-state index is 0.0221. The second kappa shape index (κ2) is 6.35. The van der Waals surface area contributed by atoms with E-state index in [2.05, 4.69) is 27.9 Å². The smallest absolute Gasteiger partial charge is 0.252 e. The summed E-state index contributed by atoms with van der Waals surface area (Å²) in [6.45, 7) is 2.45. The maximum Gasteiger partial charge on any atom is 0.252 e. The summed E-state index contributed by atoms with van der Waals surface area (Å²) >= 11 is 2.18. The molecule has 1 fully saturated rings. The average Bonchev–Trinajstić information content (AvgIpc) is 2.82. The van der Waals surface area contributed by atoms with Crippen LogP contribution in [0.25, 0.3) is 0 Å². The van der Waals surface area contributed by atoms with Gasteiger partial charge in [0.25, 0.3) is 5.91 Å². The first kappa shape index (κ1) is 12.8. The SMILES string of the molecule is O=C(NCCC1CCOC1)c1ccccc1I. The van der Waals surface area contributed by atoms with Crippen LogP contribution >= 0.6 is 22.6 Å². The Hall–Kier alpha value is -0.620. The molecule has 1 amide bonds. The van der Waals surface area contributed by atoms with Gasteiger partial charge in [-0.05, 0) is 53.5 Å². The lowest BCUT2D eigenvalue weighted by atomic mass is 10.1. The van der Waals surface area contributed by atoms with E-state index in [1.54, 1.807) is 0 Å². The molecule has 4 heteroatoms. The van der Waals surface area contributed by atoms with Crippen molar-refractivity contribution in [2.45, 2.75) is 12.8 Å². The van der Waals surface area contributed by atoms with Gasteiger partial charge in [0, 0.05) is 23.3 Å². The van der Waals surface area contributed by atoms with Crippen LogP contribution in [-0.4, -0.2) is 25.7 Å². The highest BCUT2D eigenvalue weighted by Crippen LogP contribution is 2.15. The highest BCUT2D eigenvalue weighted by molar-refractivity contribution is 14.1. The van der Waals surface area contributed by atoms with Gasteiger partial charge in [-0.3, -0.25) is 4.79 Å². The van der Waals surface area contributed by atoms with E-state index in [1.807, 2.05) is 24.3 Å². The minimum Gasteiger partial charge on any atom is -0.381 e. The number of benzene rings is 1. The number of carbonyl (C=O) groups is 1. The van der Waals surface area contributed by atoms with Crippen molar-refractivity contribution in [3.05, 3.63) is 33.4 Å². The van der Waals surface area contributed by atoms with E-state index >= 15 is 0 Å². The molecular formula is C13H16INO2. The Bertz CT molecular complexity index is 389. The fourth-order valence-electron chi connectivity index (χ4n) is 1.94. The first-order valence-corrected chi connectivity index (χ1v) is 6.95. The molecule has 0 bridgehead atoms. The molecule has 17 heavy (non-hydrogen) atoms. The van der Waals surface area contributed by atoms with Crippen LogP contribution in [0.3, 0.4) is 0 Å². The largest absolute Gasteiger partial charge is 0.381 e. The Kier molecular flexibility index (Phi) is 4.79. The van der Waals surface area contributed by atoms with E-state index in [0.717, 1.165) is 41.7 Å². The van der Waals surface area contributed by atoms with Gasteiger partial charge in [-0.1, -0.05) is 12.1 Å². The Morgan fingerprint density at radius 2 is 2.29 bits per heavy atom. The molecule has 1 aromatic carbocycles. The molecule has 1 atom stereocenters. The number of ether oxygens (including phenoxy) is 1. The molecule has 1 N–H and O–H groups in total. The molecule has 1 saturated heterocycles. The van der Waals surface area contributed by atoms with Crippen molar-refractivity contribution < 1.29 is 9.53 Å². The maximum atomic E-state index is 11.9. The lowest BCUT2D eigenvalue weighted by Crippen LogP contribution is -2.26. The zero-order valence-corrected chi connectivity index (χ0v) is 11.8. The highest BCUT2D eigenvalue weighted by atomic mass is 127. The zero-order chi connectivity index (χ0) is 12.1. The van der Waals surface area contributed by atoms with Gasteiger partial charge in [0.15, 0.2) is 0 Å². The number of hydrogen-bond donors (Lipinski definition) is 1. The zero-order valence-electron chi connectivity index (χ0n) is 9.62. The molecular weight excluding hydrogens is 329 g/mol. The second-order valence-corrected chi connectivity index (χ2v) is 5.42. The fraction of sp³-hybridized carbons (Fsp3) is 0.462. The summed E-state index contributed by atoms with van der Waals surface area (Å²) in [7, 11) is 0. The van der Waals surface area contributed by atoms with Crippen LogP contribution in [0.1, 0.15) is 23.2 Å². The number of halogens is 1. The molecule has 1 aliphatic rings. The summed E-state index contributed by atoms with van der Waals surface area (Å²) in [6, 6.07) is 7.63. The Balaban J connectivity index is 1.79. The third kappa shape index (κ3) is 3.67. The van der Waals surface area contributed by atoms with Gasteiger partial charge in [0.1, 0.15) is 0 Å². The molecule has 3 nitrogen and oxygen atoms in total. The number of nitrogens with one attached hydrogen (secondary N) is 1. The summed E-state index contributed by atoms with van der Waals surface area (Å²) in [5, 5.41) is 2.97. The molecule has 0 aromatic heterocycles. The second-order valence-electron chi connectivity index (χ2n) is 4.25. The fourth-order valence-corrected chi connectivity index (χ4v) is 2.57. The number of carbonyl (C=O) groups excluding carboxylic acids is 1.